The summed E-state index contributed by atoms with van der Waals surface area (Å²) in [6.07, 6.45) is 0. The molecular formula is C10H10Cl2N4O2S2. The smallest absolute Gasteiger partial charge is 0.265 e. The molecule has 1 aromatic carbocycles. The van der Waals surface area contributed by atoms with E-state index in [0.29, 0.717) is 17.1 Å². The zero-order valence-corrected chi connectivity index (χ0v) is 13.4. The Morgan fingerprint density at radius 2 is 2.10 bits per heavy atom. The summed E-state index contributed by atoms with van der Waals surface area (Å²) < 4.78 is 26.8. The molecule has 1 heterocycles. The van der Waals surface area contributed by atoms with Crippen LogP contribution in [0.3, 0.4) is 0 Å². The summed E-state index contributed by atoms with van der Waals surface area (Å²) in [6.45, 7) is 0.361. The number of hydrogen-bond acceptors (Lipinski definition) is 6. The van der Waals surface area contributed by atoms with Crippen LogP contribution >= 0.6 is 34.5 Å². The Labute approximate surface area is 130 Å². The van der Waals surface area contributed by atoms with E-state index in [9.17, 15) is 8.42 Å². The van der Waals surface area contributed by atoms with Crippen LogP contribution in [0, 0.1) is 0 Å². The monoisotopic (exact) mass is 352 g/mol. The second-order valence-corrected chi connectivity index (χ2v) is 6.99. The van der Waals surface area contributed by atoms with Gasteiger partial charge in [-0.3, -0.25) is 4.72 Å². The Morgan fingerprint density at radius 3 is 2.70 bits per heavy atom. The number of sulfonamides is 1. The van der Waals surface area contributed by atoms with E-state index < -0.39 is 10.0 Å². The van der Waals surface area contributed by atoms with Gasteiger partial charge < -0.3 is 5.32 Å². The average Bonchev–Trinajstić information content (AvgIpc) is 2.86. The Kier molecular flexibility index (Phi) is 4.82. The zero-order chi connectivity index (χ0) is 14.8. The van der Waals surface area contributed by atoms with Crippen LogP contribution in [0.25, 0.3) is 0 Å². The van der Waals surface area contributed by atoms with Gasteiger partial charge in [0.15, 0.2) is 0 Å². The van der Waals surface area contributed by atoms with Crippen molar-refractivity contribution in [2.24, 2.45) is 0 Å². The summed E-state index contributed by atoms with van der Waals surface area (Å²) in [7, 11) is -2.12. The average molecular weight is 353 g/mol. The molecule has 0 bridgehead atoms. The predicted octanol–water partition coefficient (Wildman–Crippen LogP) is 2.37. The lowest BCUT2D eigenvalue weighted by atomic mass is 10.2. The predicted molar refractivity (Wildman–Crippen MR) is 79.9 cm³/mol. The molecule has 108 valence electrons. The number of nitrogens with zero attached hydrogens (tertiary/aromatic N) is 2. The number of hydrogen-bond donors (Lipinski definition) is 2. The first kappa shape index (κ1) is 15.5. The van der Waals surface area contributed by atoms with Crippen LogP contribution in [0.5, 0.6) is 0 Å². The van der Waals surface area contributed by atoms with Crippen molar-refractivity contribution in [3.8, 4) is 0 Å². The minimum absolute atomic E-state index is 0.0518. The van der Waals surface area contributed by atoms with Gasteiger partial charge in [-0.15, -0.1) is 10.2 Å². The molecule has 20 heavy (non-hydrogen) atoms. The molecule has 0 unspecified atom stereocenters. The highest BCUT2D eigenvalue weighted by atomic mass is 35.5. The lowest BCUT2D eigenvalue weighted by Gasteiger charge is -2.12. The highest BCUT2D eigenvalue weighted by molar-refractivity contribution is 7.93. The molecule has 2 aromatic rings. The standard InChI is InChI=1S/C10H10Cl2N4O2S2/c1-13-4-6-7(11)2-3-8(9(6)12)20(17,18)16-10-15-14-5-19-10/h2-3,5,13H,4H2,1H3,(H,15,16). The highest BCUT2D eigenvalue weighted by Crippen LogP contribution is 2.32. The minimum Gasteiger partial charge on any atom is -0.316 e. The molecule has 1 aromatic heterocycles. The lowest BCUT2D eigenvalue weighted by molar-refractivity contribution is 0.601. The quantitative estimate of drug-likeness (QED) is 0.862. The van der Waals surface area contributed by atoms with E-state index in [1.165, 1.54) is 17.6 Å². The Hall–Kier alpha value is -0.930. The zero-order valence-electron chi connectivity index (χ0n) is 10.2. The van der Waals surface area contributed by atoms with Crippen LogP contribution in [0.4, 0.5) is 5.13 Å². The molecule has 0 spiro atoms. The molecule has 10 heteroatoms. The lowest BCUT2D eigenvalue weighted by Crippen LogP contribution is -2.15. The summed E-state index contributed by atoms with van der Waals surface area (Å²) in [4.78, 5) is -0.0518. The fourth-order valence-corrected chi connectivity index (χ4v) is 4.12. The Balaban J connectivity index is 2.44. The minimum atomic E-state index is -3.83. The van der Waals surface area contributed by atoms with Gasteiger partial charge in [-0.05, 0) is 19.2 Å². The van der Waals surface area contributed by atoms with E-state index >= 15 is 0 Å². The number of halogens is 2. The first-order valence-corrected chi connectivity index (χ1v) is 8.48. The molecule has 0 aliphatic rings. The molecule has 0 atom stereocenters. The van der Waals surface area contributed by atoms with Crippen LogP contribution in [0.2, 0.25) is 10.0 Å². The van der Waals surface area contributed by atoms with Gasteiger partial charge >= 0.3 is 0 Å². The number of benzene rings is 1. The summed E-state index contributed by atoms with van der Waals surface area (Å²) in [5.74, 6) is 0. The van der Waals surface area contributed by atoms with Crippen LogP contribution < -0.4 is 10.0 Å². The van der Waals surface area contributed by atoms with Gasteiger partial charge in [-0.25, -0.2) is 8.42 Å². The summed E-state index contributed by atoms with van der Waals surface area (Å²) >= 11 is 13.2. The molecular weight excluding hydrogens is 343 g/mol. The van der Waals surface area contributed by atoms with E-state index in [4.69, 9.17) is 23.2 Å². The normalized spacial score (nSPS) is 11.6. The van der Waals surface area contributed by atoms with E-state index in [2.05, 4.69) is 20.2 Å². The van der Waals surface area contributed by atoms with Crippen molar-refractivity contribution in [1.82, 2.24) is 15.5 Å². The Morgan fingerprint density at radius 1 is 1.35 bits per heavy atom. The second-order valence-electron chi connectivity index (χ2n) is 3.72. The van der Waals surface area contributed by atoms with Crippen molar-refractivity contribution in [3.05, 3.63) is 33.3 Å². The van der Waals surface area contributed by atoms with Gasteiger partial charge in [0.05, 0.1) is 5.02 Å². The highest BCUT2D eigenvalue weighted by Gasteiger charge is 2.22. The summed E-state index contributed by atoms with van der Waals surface area (Å²) in [5, 5.41) is 10.7. The van der Waals surface area contributed by atoms with E-state index in [-0.39, 0.29) is 15.0 Å². The maximum Gasteiger partial charge on any atom is 0.265 e. The first-order chi connectivity index (χ1) is 9.45. The fraction of sp³-hybridized carbons (Fsp3) is 0.200. The second kappa shape index (κ2) is 6.23. The molecule has 0 amide bonds. The van der Waals surface area contributed by atoms with Gasteiger partial charge in [-0.1, -0.05) is 34.5 Å². The van der Waals surface area contributed by atoms with Gasteiger partial charge in [0, 0.05) is 17.1 Å². The van der Waals surface area contributed by atoms with E-state index in [1.54, 1.807) is 7.05 Å². The topological polar surface area (TPSA) is 84.0 Å². The molecule has 0 radical (unpaired) electrons. The molecule has 2 N–H and O–H groups in total. The van der Waals surface area contributed by atoms with E-state index in [0.717, 1.165) is 11.3 Å². The largest absolute Gasteiger partial charge is 0.316 e. The third kappa shape index (κ3) is 3.21. The molecule has 0 saturated heterocycles. The van der Waals surface area contributed by atoms with Gasteiger partial charge in [-0.2, -0.15) is 0 Å². The van der Waals surface area contributed by atoms with Crippen molar-refractivity contribution in [1.29, 1.82) is 0 Å². The third-order valence-electron chi connectivity index (χ3n) is 2.38. The number of aromatic nitrogens is 2. The first-order valence-electron chi connectivity index (χ1n) is 5.36. The molecule has 0 saturated carbocycles. The third-order valence-corrected chi connectivity index (χ3v) is 5.39. The van der Waals surface area contributed by atoms with Crippen molar-refractivity contribution in [2.75, 3.05) is 11.8 Å². The van der Waals surface area contributed by atoms with Crippen LogP contribution in [0.15, 0.2) is 22.5 Å². The van der Waals surface area contributed by atoms with Gasteiger partial charge in [0.25, 0.3) is 10.0 Å². The van der Waals surface area contributed by atoms with Crippen molar-refractivity contribution in [2.45, 2.75) is 11.4 Å². The maximum atomic E-state index is 12.3. The van der Waals surface area contributed by atoms with Crippen LogP contribution in [-0.4, -0.2) is 25.7 Å². The Bertz CT molecular complexity index is 704. The van der Waals surface area contributed by atoms with Gasteiger partial charge in [0.2, 0.25) is 5.13 Å². The molecule has 2 rings (SSSR count). The molecule has 0 fully saturated rings. The van der Waals surface area contributed by atoms with Crippen molar-refractivity contribution in [3.63, 3.8) is 0 Å². The number of nitrogens with one attached hydrogen (secondary N) is 2. The van der Waals surface area contributed by atoms with Gasteiger partial charge in [0.1, 0.15) is 10.4 Å². The SMILES string of the molecule is CNCc1c(Cl)ccc(S(=O)(=O)Nc2nncs2)c1Cl. The van der Waals surface area contributed by atoms with Crippen LogP contribution in [-0.2, 0) is 16.6 Å². The molecule has 0 aliphatic heterocycles. The van der Waals surface area contributed by atoms with Crippen molar-refractivity contribution < 1.29 is 8.42 Å². The summed E-state index contributed by atoms with van der Waals surface area (Å²) in [6, 6.07) is 2.85. The number of rotatable bonds is 5. The molecule has 6 nitrogen and oxygen atoms in total. The number of anilines is 1. The maximum absolute atomic E-state index is 12.3. The summed E-state index contributed by atoms with van der Waals surface area (Å²) in [5.41, 5.74) is 1.95. The van der Waals surface area contributed by atoms with Crippen LogP contribution in [0.1, 0.15) is 5.56 Å². The molecule has 0 aliphatic carbocycles. The fourth-order valence-electron chi connectivity index (χ4n) is 1.51. The van der Waals surface area contributed by atoms with Crippen molar-refractivity contribution >= 4 is 49.7 Å². The van der Waals surface area contributed by atoms with E-state index in [1.807, 2.05) is 0 Å².